The van der Waals surface area contributed by atoms with Gasteiger partial charge in [0, 0.05) is 18.5 Å². The topological polar surface area (TPSA) is 64.6 Å². The number of ether oxygens (including phenoxy) is 2. The van der Waals surface area contributed by atoms with Gasteiger partial charge < -0.3 is 14.8 Å². The predicted molar refractivity (Wildman–Crippen MR) is 98.6 cm³/mol. The molecule has 0 aromatic heterocycles. The normalized spacial score (nSPS) is 9.62. The molecule has 0 radical (unpaired) electrons. The summed E-state index contributed by atoms with van der Waals surface area (Å²) in [5, 5.41) is 2.65. The molecule has 26 heavy (non-hydrogen) atoms. The van der Waals surface area contributed by atoms with Gasteiger partial charge in [0.1, 0.15) is 6.61 Å². The van der Waals surface area contributed by atoms with Crippen molar-refractivity contribution in [2.45, 2.75) is 20.0 Å². The number of hydrogen-bond donors (Lipinski definition) is 1. The van der Waals surface area contributed by atoms with Gasteiger partial charge in [-0.1, -0.05) is 48.2 Å². The molecule has 5 nitrogen and oxygen atoms in total. The molecule has 0 saturated carbocycles. The maximum Gasteiger partial charge on any atom is 0.407 e. The lowest BCUT2D eigenvalue weighted by molar-refractivity contribution is 0.0600. The average Bonchev–Trinajstić information content (AvgIpc) is 2.67. The molecule has 1 N–H and O–H groups in total. The number of rotatable bonds is 5. The lowest BCUT2D eigenvalue weighted by atomic mass is 10.0. The number of benzene rings is 2. The number of hydrogen-bond acceptors (Lipinski definition) is 4. The summed E-state index contributed by atoms with van der Waals surface area (Å²) in [6.07, 6.45) is 0.00187. The molecule has 1 amide bonds. The Bertz CT molecular complexity index is 819. The third kappa shape index (κ3) is 5.67. The third-order valence-corrected chi connectivity index (χ3v) is 3.69. The molecule has 0 heterocycles. The summed E-state index contributed by atoms with van der Waals surface area (Å²) < 4.78 is 9.86. The van der Waals surface area contributed by atoms with E-state index in [1.54, 1.807) is 12.1 Å². The molecule has 0 aliphatic heterocycles. The minimum Gasteiger partial charge on any atom is -0.465 e. The Morgan fingerprint density at radius 1 is 1.08 bits per heavy atom. The molecule has 2 rings (SSSR count). The first-order chi connectivity index (χ1) is 12.6. The van der Waals surface area contributed by atoms with Crippen molar-refractivity contribution in [2.75, 3.05) is 13.7 Å². The maximum absolute atomic E-state index is 11.7. The molecule has 5 heteroatoms. The smallest absolute Gasteiger partial charge is 0.407 e. The molecule has 0 unspecified atom stereocenters. The van der Waals surface area contributed by atoms with Crippen LogP contribution in [-0.4, -0.2) is 25.7 Å². The summed E-state index contributed by atoms with van der Waals surface area (Å²) in [4.78, 5) is 23.3. The van der Waals surface area contributed by atoms with Gasteiger partial charge in [-0.3, -0.25) is 0 Å². The van der Waals surface area contributed by atoms with Crippen molar-refractivity contribution in [3.05, 3.63) is 70.8 Å². The highest BCUT2D eigenvalue weighted by molar-refractivity contribution is 5.91. The van der Waals surface area contributed by atoms with Crippen LogP contribution in [0.1, 0.15) is 33.5 Å². The quantitative estimate of drug-likeness (QED) is 0.509. The monoisotopic (exact) mass is 351 g/mol. The number of methoxy groups -OCH3 is 1. The van der Waals surface area contributed by atoms with E-state index in [0.717, 1.165) is 16.7 Å². The molecule has 0 atom stereocenters. The van der Waals surface area contributed by atoms with Gasteiger partial charge in [0.15, 0.2) is 0 Å². The second-order valence-corrected chi connectivity index (χ2v) is 5.51. The summed E-state index contributed by atoms with van der Waals surface area (Å²) in [7, 11) is 1.35. The molecule has 0 spiro atoms. The summed E-state index contributed by atoms with van der Waals surface area (Å²) >= 11 is 0. The lowest BCUT2D eigenvalue weighted by Gasteiger charge is -2.06. The fraction of sp³-hybridized carbons (Fsp3) is 0.238. The van der Waals surface area contributed by atoms with Crippen LogP contribution in [-0.2, 0) is 16.1 Å². The van der Waals surface area contributed by atoms with Crippen molar-refractivity contribution >= 4 is 12.1 Å². The first-order valence-corrected chi connectivity index (χ1v) is 8.23. The third-order valence-electron chi connectivity index (χ3n) is 3.69. The molecule has 2 aromatic carbocycles. The Labute approximate surface area is 153 Å². The van der Waals surface area contributed by atoms with Crippen molar-refractivity contribution in [3.8, 4) is 11.8 Å². The van der Waals surface area contributed by atoms with E-state index in [9.17, 15) is 9.59 Å². The van der Waals surface area contributed by atoms with E-state index >= 15 is 0 Å². The summed E-state index contributed by atoms with van der Waals surface area (Å²) in [5.74, 6) is 5.62. The Kier molecular flexibility index (Phi) is 7.26. The van der Waals surface area contributed by atoms with Crippen LogP contribution in [0.2, 0.25) is 0 Å². The summed E-state index contributed by atoms with van der Waals surface area (Å²) in [5.41, 5.74) is 2.98. The van der Waals surface area contributed by atoms with E-state index < -0.39 is 6.09 Å². The van der Waals surface area contributed by atoms with Crippen LogP contribution >= 0.6 is 0 Å². The van der Waals surface area contributed by atoms with Crippen LogP contribution in [0.15, 0.2) is 48.5 Å². The minimum atomic E-state index is -0.473. The van der Waals surface area contributed by atoms with Crippen molar-refractivity contribution in [2.24, 2.45) is 0 Å². The molecule has 0 fully saturated rings. The fourth-order valence-electron chi connectivity index (χ4n) is 2.26. The van der Waals surface area contributed by atoms with Crippen molar-refractivity contribution in [3.63, 3.8) is 0 Å². The number of nitrogens with one attached hydrogen (secondary N) is 1. The number of carbonyl (C=O) groups is 2. The van der Waals surface area contributed by atoms with Crippen molar-refractivity contribution in [1.82, 2.24) is 5.32 Å². The molecule has 0 bridgehead atoms. The molecule has 0 aliphatic rings. The van der Waals surface area contributed by atoms with Crippen LogP contribution in [0.3, 0.4) is 0 Å². The minimum absolute atomic E-state index is 0.234. The van der Waals surface area contributed by atoms with Gasteiger partial charge in [-0.25, -0.2) is 9.59 Å². The van der Waals surface area contributed by atoms with E-state index in [4.69, 9.17) is 9.47 Å². The van der Waals surface area contributed by atoms with E-state index in [1.165, 1.54) is 7.11 Å². The highest BCUT2D eigenvalue weighted by atomic mass is 16.5. The van der Waals surface area contributed by atoms with Gasteiger partial charge in [-0.2, -0.15) is 0 Å². The zero-order valence-corrected chi connectivity index (χ0v) is 14.9. The number of esters is 1. The van der Waals surface area contributed by atoms with Crippen LogP contribution in [0.5, 0.6) is 0 Å². The second kappa shape index (κ2) is 9.90. The lowest BCUT2D eigenvalue weighted by Crippen LogP contribution is -2.24. The number of alkyl carbamates (subject to hydrolysis) is 1. The van der Waals surface area contributed by atoms with Crippen molar-refractivity contribution in [1.29, 1.82) is 0 Å². The van der Waals surface area contributed by atoms with Gasteiger partial charge in [-0.15, -0.1) is 0 Å². The Morgan fingerprint density at radius 2 is 1.85 bits per heavy atom. The molecule has 0 saturated heterocycles. The highest BCUT2D eigenvalue weighted by Gasteiger charge is 2.10. The molecular formula is C21H21NO4. The Morgan fingerprint density at radius 3 is 2.58 bits per heavy atom. The fourth-order valence-corrected chi connectivity index (χ4v) is 2.26. The molecule has 134 valence electrons. The zero-order valence-electron chi connectivity index (χ0n) is 14.9. The standard InChI is InChI=1S/C21H21NO4/c1-16-18(12-8-13-19(16)20(23)25-2)11-6-7-14-22-21(24)26-15-17-9-4-3-5-10-17/h3-5,8-10,12-13H,7,14-15H2,1-2H3,(H,22,24). The number of carbonyl (C=O) groups excluding carboxylic acids is 2. The zero-order chi connectivity index (χ0) is 18.8. The molecule has 2 aromatic rings. The van der Waals surface area contributed by atoms with Gasteiger partial charge in [0.05, 0.1) is 12.7 Å². The predicted octanol–water partition coefficient (Wildman–Crippen LogP) is 3.45. The van der Waals surface area contributed by atoms with Gasteiger partial charge >= 0.3 is 12.1 Å². The SMILES string of the molecule is COC(=O)c1cccc(C#CCCNC(=O)OCc2ccccc2)c1C. The average molecular weight is 351 g/mol. The Balaban J connectivity index is 1.78. The van der Waals surface area contributed by atoms with E-state index in [2.05, 4.69) is 17.2 Å². The first-order valence-electron chi connectivity index (χ1n) is 8.23. The molecular weight excluding hydrogens is 330 g/mol. The summed E-state index contributed by atoms with van der Waals surface area (Å²) in [6, 6.07) is 14.8. The highest BCUT2D eigenvalue weighted by Crippen LogP contribution is 2.13. The van der Waals surface area contributed by atoms with Gasteiger partial charge in [0.25, 0.3) is 0 Å². The van der Waals surface area contributed by atoms with Crippen LogP contribution in [0, 0.1) is 18.8 Å². The van der Waals surface area contributed by atoms with Gasteiger partial charge in [-0.05, 0) is 30.2 Å². The second-order valence-electron chi connectivity index (χ2n) is 5.51. The van der Waals surface area contributed by atoms with Crippen LogP contribution in [0.4, 0.5) is 4.79 Å². The molecule has 0 aliphatic carbocycles. The largest absolute Gasteiger partial charge is 0.465 e. The van der Waals surface area contributed by atoms with Crippen LogP contribution < -0.4 is 5.32 Å². The van der Waals surface area contributed by atoms with E-state index in [0.29, 0.717) is 18.5 Å². The summed E-state index contributed by atoms with van der Waals surface area (Å²) in [6.45, 7) is 2.45. The maximum atomic E-state index is 11.7. The van der Waals surface area contributed by atoms with E-state index in [1.807, 2.05) is 43.3 Å². The number of amides is 1. The first kappa shape index (κ1) is 19.1. The van der Waals surface area contributed by atoms with E-state index in [-0.39, 0.29) is 12.6 Å². The van der Waals surface area contributed by atoms with Crippen LogP contribution in [0.25, 0.3) is 0 Å². The Hall–Kier alpha value is -3.26. The van der Waals surface area contributed by atoms with Gasteiger partial charge in [0.2, 0.25) is 0 Å². The van der Waals surface area contributed by atoms with Crippen molar-refractivity contribution < 1.29 is 19.1 Å².